The van der Waals surface area contributed by atoms with Crippen LogP contribution in [0.3, 0.4) is 0 Å². The molecule has 66 valence electrons. The van der Waals surface area contributed by atoms with Gasteiger partial charge in [0.25, 0.3) is 0 Å². The minimum Gasteiger partial charge on any atom is -0.337 e. The lowest BCUT2D eigenvalue weighted by molar-refractivity contribution is 1.31. The SMILES string of the molecule is C=c1[nH]c(=S)s/c1=C\C1=CCC=C1. The minimum atomic E-state index is 0.791. The lowest BCUT2D eigenvalue weighted by Crippen LogP contribution is -2.18. The van der Waals surface area contributed by atoms with E-state index in [4.69, 9.17) is 12.2 Å². The first-order valence-corrected chi connectivity index (χ1v) is 5.25. The van der Waals surface area contributed by atoms with Crippen LogP contribution in [0.15, 0.2) is 23.8 Å². The second kappa shape index (κ2) is 3.44. The van der Waals surface area contributed by atoms with Crippen LogP contribution >= 0.6 is 23.6 Å². The Morgan fingerprint density at radius 1 is 1.62 bits per heavy atom. The van der Waals surface area contributed by atoms with Crippen LogP contribution in [-0.2, 0) is 0 Å². The van der Waals surface area contributed by atoms with Gasteiger partial charge < -0.3 is 4.98 Å². The van der Waals surface area contributed by atoms with Gasteiger partial charge in [-0.3, -0.25) is 0 Å². The third-order valence-corrected chi connectivity index (χ3v) is 3.07. The van der Waals surface area contributed by atoms with E-state index in [-0.39, 0.29) is 0 Å². The summed E-state index contributed by atoms with van der Waals surface area (Å²) in [6, 6.07) is 0. The fraction of sp³-hybridized carbons (Fsp3) is 0.100. The number of aromatic amines is 1. The largest absolute Gasteiger partial charge is 0.337 e. The molecule has 0 amide bonds. The van der Waals surface area contributed by atoms with Crippen LogP contribution in [0.5, 0.6) is 0 Å². The average Bonchev–Trinajstić information content (AvgIpc) is 2.63. The highest BCUT2D eigenvalue weighted by molar-refractivity contribution is 7.73. The van der Waals surface area contributed by atoms with E-state index in [1.807, 2.05) is 0 Å². The molecule has 0 saturated heterocycles. The molecule has 1 aromatic heterocycles. The highest BCUT2D eigenvalue weighted by Gasteiger charge is 1.94. The van der Waals surface area contributed by atoms with Gasteiger partial charge in [0.1, 0.15) is 0 Å². The molecule has 2 rings (SSSR count). The monoisotopic (exact) mass is 207 g/mol. The first-order valence-electron chi connectivity index (χ1n) is 4.02. The molecular formula is C10H9NS2. The van der Waals surface area contributed by atoms with E-state index in [1.54, 1.807) is 11.3 Å². The summed E-state index contributed by atoms with van der Waals surface area (Å²) < 4.78 is 1.92. The van der Waals surface area contributed by atoms with E-state index >= 15 is 0 Å². The van der Waals surface area contributed by atoms with Gasteiger partial charge in [-0.2, -0.15) is 0 Å². The van der Waals surface area contributed by atoms with Gasteiger partial charge in [0, 0.05) is 5.35 Å². The highest BCUT2D eigenvalue weighted by Crippen LogP contribution is 2.09. The van der Waals surface area contributed by atoms with Crippen molar-refractivity contribution in [2.75, 3.05) is 0 Å². The van der Waals surface area contributed by atoms with Crippen LogP contribution in [0.25, 0.3) is 12.7 Å². The molecule has 1 heterocycles. The molecule has 1 aliphatic rings. The summed E-state index contributed by atoms with van der Waals surface area (Å²) in [5, 5.41) is 0.913. The Morgan fingerprint density at radius 2 is 2.46 bits per heavy atom. The Kier molecular flexibility index (Phi) is 2.29. The van der Waals surface area contributed by atoms with Crippen LogP contribution in [0, 0.1) is 3.95 Å². The molecule has 1 aromatic rings. The minimum absolute atomic E-state index is 0.791. The van der Waals surface area contributed by atoms with Crippen molar-refractivity contribution >= 4 is 36.2 Å². The molecule has 0 radical (unpaired) electrons. The summed E-state index contributed by atoms with van der Waals surface area (Å²) in [5.41, 5.74) is 1.25. The Morgan fingerprint density at radius 3 is 3.00 bits per heavy atom. The molecule has 0 bridgehead atoms. The number of aromatic nitrogens is 1. The molecule has 0 aromatic carbocycles. The maximum Gasteiger partial charge on any atom is 0.159 e. The van der Waals surface area contributed by atoms with Gasteiger partial charge >= 0.3 is 0 Å². The van der Waals surface area contributed by atoms with Crippen molar-refractivity contribution in [2.45, 2.75) is 6.42 Å². The molecule has 0 unspecified atom stereocenters. The number of nitrogens with one attached hydrogen (secondary N) is 1. The number of H-pyrrole nitrogens is 1. The number of rotatable bonds is 1. The van der Waals surface area contributed by atoms with Crippen molar-refractivity contribution in [3.05, 3.63) is 37.6 Å². The maximum absolute atomic E-state index is 5.03. The van der Waals surface area contributed by atoms with Crippen LogP contribution in [0.2, 0.25) is 0 Å². The predicted molar refractivity (Wildman–Crippen MR) is 60.6 cm³/mol. The Balaban J connectivity index is 2.57. The topological polar surface area (TPSA) is 15.8 Å². The van der Waals surface area contributed by atoms with Gasteiger partial charge in [-0.05, 0) is 30.3 Å². The number of allylic oxidation sites excluding steroid dienone is 4. The third-order valence-electron chi connectivity index (χ3n) is 1.85. The number of thiazole rings is 1. The molecule has 1 aliphatic carbocycles. The van der Waals surface area contributed by atoms with E-state index in [2.05, 4.69) is 35.9 Å². The first-order chi connectivity index (χ1) is 6.25. The van der Waals surface area contributed by atoms with Crippen molar-refractivity contribution in [1.29, 1.82) is 0 Å². The van der Waals surface area contributed by atoms with Crippen molar-refractivity contribution in [3.63, 3.8) is 0 Å². The Hall–Kier alpha value is -0.930. The average molecular weight is 207 g/mol. The van der Waals surface area contributed by atoms with Gasteiger partial charge in [0.15, 0.2) is 3.95 Å². The second-order valence-corrected chi connectivity index (χ2v) is 4.56. The van der Waals surface area contributed by atoms with Crippen molar-refractivity contribution < 1.29 is 0 Å². The quantitative estimate of drug-likeness (QED) is 0.695. The molecule has 0 aliphatic heterocycles. The van der Waals surface area contributed by atoms with Crippen molar-refractivity contribution in [2.24, 2.45) is 0 Å². The zero-order valence-electron chi connectivity index (χ0n) is 7.04. The van der Waals surface area contributed by atoms with Gasteiger partial charge in [-0.15, -0.1) is 11.3 Å². The van der Waals surface area contributed by atoms with E-state index in [9.17, 15) is 0 Å². The fourth-order valence-corrected chi connectivity index (χ4v) is 2.36. The highest BCUT2D eigenvalue weighted by atomic mass is 32.1. The predicted octanol–water partition coefficient (Wildman–Crippen LogP) is 1.88. The normalized spacial score (nSPS) is 16.6. The molecule has 0 atom stereocenters. The first kappa shape index (κ1) is 8.66. The summed E-state index contributed by atoms with van der Waals surface area (Å²) in [4.78, 5) is 3.02. The molecule has 1 nitrogen and oxygen atoms in total. The van der Waals surface area contributed by atoms with E-state index < -0.39 is 0 Å². The Labute approximate surface area is 85.4 Å². The van der Waals surface area contributed by atoms with Gasteiger partial charge in [0.05, 0.1) is 4.53 Å². The summed E-state index contributed by atoms with van der Waals surface area (Å²) in [7, 11) is 0. The van der Waals surface area contributed by atoms with Crippen molar-refractivity contribution in [1.82, 2.24) is 4.98 Å². The van der Waals surface area contributed by atoms with Crippen LogP contribution in [0.1, 0.15) is 6.42 Å². The summed E-state index contributed by atoms with van der Waals surface area (Å²) in [5.74, 6) is 0. The summed E-state index contributed by atoms with van der Waals surface area (Å²) in [6.07, 6.45) is 9.59. The van der Waals surface area contributed by atoms with Gasteiger partial charge in [-0.25, -0.2) is 0 Å². The molecule has 0 fully saturated rings. The van der Waals surface area contributed by atoms with E-state index in [0.29, 0.717) is 0 Å². The number of hydrogen-bond acceptors (Lipinski definition) is 2. The molecule has 0 spiro atoms. The molecule has 1 N–H and O–H groups in total. The van der Waals surface area contributed by atoms with E-state index in [1.165, 1.54) is 5.57 Å². The maximum atomic E-state index is 5.03. The molecule has 0 saturated carbocycles. The van der Waals surface area contributed by atoms with Crippen LogP contribution in [-0.4, -0.2) is 4.98 Å². The molecular weight excluding hydrogens is 198 g/mol. The molecule has 13 heavy (non-hydrogen) atoms. The Bertz CT molecular complexity index is 528. The van der Waals surface area contributed by atoms with Gasteiger partial charge in [0.2, 0.25) is 0 Å². The van der Waals surface area contributed by atoms with Crippen molar-refractivity contribution in [3.8, 4) is 0 Å². The third kappa shape index (κ3) is 1.87. The fourth-order valence-electron chi connectivity index (χ4n) is 1.22. The van der Waals surface area contributed by atoms with Crippen LogP contribution < -0.4 is 9.88 Å². The zero-order valence-corrected chi connectivity index (χ0v) is 8.67. The summed E-state index contributed by atoms with van der Waals surface area (Å²) >= 11 is 6.59. The zero-order chi connectivity index (χ0) is 9.26. The van der Waals surface area contributed by atoms with E-state index in [0.717, 1.165) is 20.3 Å². The number of hydrogen-bond donors (Lipinski definition) is 1. The lowest BCUT2D eigenvalue weighted by Gasteiger charge is -1.83. The lowest BCUT2D eigenvalue weighted by atomic mass is 10.3. The van der Waals surface area contributed by atoms with Crippen LogP contribution in [0.4, 0.5) is 0 Å². The smallest absolute Gasteiger partial charge is 0.159 e. The standard InChI is InChI=1S/C10H9NS2/c1-7-9(13-10(12)11-7)6-8-4-2-3-5-8/h2,4-6H,1,3H2,(H,11,12)/b9-6-. The molecule has 3 heteroatoms. The second-order valence-electron chi connectivity index (χ2n) is 2.84. The van der Waals surface area contributed by atoms with Gasteiger partial charge in [-0.1, -0.05) is 24.8 Å². The summed E-state index contributed by atoms with van der Waals surface area (Å²) in [6.45, 7) is 3.89.